The molecule has 5 heteroatoms. The van der Waals surface area contributed by atoms with Gasteiger partial charge in [-0.3, -0.25) is 0 Å². The fraction of sp³-hybridized carbons (Fsp3) is 0.400. The molecule has 0 aliphatic heterocycles. The Labute approximate surface area is 129 Å². The van der Waals surface area contributed by atoms with Crippen LogP contribution in [0.1, 0.15) is 38.9 Å². The van der Waals surface area contributed by atoms with Crippen molar-refractivity contribution < 1.29 is 0 Å². The average molecular weight is 312 g/mol. The van der Waals surface area contributed by atoms with Crippen LogP contribution in [0.25, 0.3) is 11.3 Å². The van der Waals surface area contributed by atoms with E-state index in [1.54, 1.807) is 6.07 Å². The van der Waals surface area contributed by atoms with Gasteiger partial charge in [0.1, 0.15) is 17.3 Å². The maximum Gasteiger partial charge on any atom is 0.131 e. The van der Waals surface area contributed by atoms with E-state index in [9.17, 15) is 0 Å². The van der Waals surface area contributed by atoms with Gasteiger partial charge in [0.05, 0.1) is 10.0 Å². The third kappa shape index (κ3) is 2.79. The molecule has 0 fully saturated rings. The largest absolute Gasteiger partial charge is 0.383 e. The molecule has 0 atom stereocenters. The highest BCUT2D eigenvalue weighted by atomic mass is 35.5. The van der Waals surface area contributed by atoms with Gasteiger partial charge in [-0.05, 0) is 18.6 Å². The molecule has 0 saturated carbocycles. The van der Waals surface area contributed by atoms with E-state index in [1.807, 2.05) is 12.1 Å². The smallest absolute Gasteiger partial charge is 0.131 e. The molecular formula is C15H19Cl2N3. The Kier molecular flexibility index (Phi) is 4.61. The van der Waals surface area contributed by atoms with Crippen molar-refractivity contribution in [1.29, 1.82) is 0 Å². The molecule has 0 aliphatic carbocycles. The summed E-state index contributed by atoms with van der Waals surface area (Å²) in [6, 6.07) is 5.48. The zero-order valence-electron chi connectivity index (χ0n) is 12.0. The van der Waals surface area contributed by atoms with Crippen LogP contribution in [0.2, 0.25) is 10.0 Å². The standard InChI is InChI=1S/C15H19Cl2N3/c1-4-7-20-14(18)13(19-15(20)9(2)3)10-5-6-11(16)12(17)8-10/h5-6,8-9H,4,7,18H2,1-3H3. The molecule has 0 unspecified atom stereocenters. The summed E-state index contributed by atoms with van der Waals surface area (Å²) in [7, 11) is 0. The van der Waals surface area contributed by atoms with E-state index in [1.165, 1.54) is 0 Å². The maximum atomic E-state index is 6.27. The van der Waals surface area contributed by atoms with Crippen LogP contribution in [0.5, 0.6) is 0 Å². The second-order valence-corrected chi connectivity index (χ2v) is 5.95. The first-order valence-corrected chi connectivity index (χ1v) is 7.52. The molecule has 0 aliphatic rings. The van der Waals surface area contributed by atoms with Crippen molar-refractivity contribution in [3.63, 3.8) is 0 Å². The molecule has 0 saturated heterocycles. The second-order valence-electron chi connectivity index (χ2n) is 5.14. The molecule has 3 nitrogen and oxygen atoms in total. The van der Waals surface area contributed by atoms with Gasteiger partial charge in [-0.25, -0.2) is 4.98 Å². The van der Waals surface area contributed by atoms with E-state index in [2.05, 4.69) is 25.3 Å². The van der Waals surface area contributed by atoms with Crippen molar-refractivity contribution in [2.75, 3.05) is 5.73 Å². The number of halogens is 2. The summed E-state index contributed by atoms with van der Waals surface area (Å²) in [6.07, 6.45) is 1.01. The summed E-state index contributed by atoms with van der Waals surface area (Å²) in [6.45, 7) is 7.23. The fourth-order valence-corrected chi connectivity index (χ4v) is 2.54. The lowest BCUT2D eigenvalue weighted by Crippen LogP contribution is -2.08. The molecule has 2 aromatic rings. The van der Waals surface area contributed by atoms with Crippen LogP contribution >= 0.6 is 23.2 Å². The molecule has 1 aromatic carbocycles. The number of rotatable bonds is 4. The van der Waals surface area contributed by atoms with E-state index in [-0.39, 0.29) is 0 Å². The third-order valence-corrected chi connectivity index (χ3v) is 3.93. The van der Waals surface area contributed by atoms with Gasteiger partial charge in [-0.1, -0.05) is 50.0 Å². The van der Waals surface area contributed by atoms with Crippen LogP contribution in [0.4, 0.5) is 5.82 Å². The minimum absolute atomic E-state index is 0.320. The number of hydrogen-bond acceptors (Lipinski definition) is 2. The Bertz CT molecular complexity index is 618. The zero-order valence-corrected chi connectivity index (χ0v) is 13.5. The predicted octanol–water partition coefficient (Wildman–Crippen LogP) is 4.97. The highest BCUT2D eigenvalue weighted by Crippen LogP contribution is 2.33. The van der Waals surface area contributed by atoms with E-state index in [0.29, 0.717) is 21.8 Å². The molecule has 0 spiro atoms. The first kappa shape index (κ1) is 15.2. The number of nitrogens with two attached hydrogens (primary N) is 1. The van der Waals surface area contributed by atoms with Crippen LogP contribution < -0.4 is 5.73 Å². The molecule has 2 rings (SSSR count). The van der Waals surface area contributed by atoms with Crippen LogP contribution in [-0.2, 0) is 6.54 Å². The second kappa shape index (κ2) is 6.06. The van der Waals surface area contributed by atoms with Gasteiger partial charge in [0.2, 0.25) is 0 Å². The molecule has 108 valence electrons. The van der Waals surface area contributed by atoms with E-state index >= 15 is 0 Å². The van der Waals surface area contributed by atoms with E-state index in [4.69, 9.17) is 33.9 Å². The van der Waals surface area contributed by atoms with Gasteiger partial charge in [-0.2, -0.15) is 0 Å². The zero-order chi connectivity index (χ0) is 14.9. The van der Waals surface area contributed by atoms with E-state index < -0.39 is 0 Å². The van der Waals surface area contributed by atoms with Crippen LogP contribution in [-0.4, -0.2) is 9.55 Å². The van der Waals surface area contributed by atoms with Crippen molar-refractivity contribution >= 4 is 29.0 Å². The van der Waals surface area contributed by atoms with Gasteiger partial charge in [0, 0.05) is 18.0 Å². The predicted molar refractivity (Wildman–Crippen MR) is 86.5 cm³/mol. The summed E-state index contributed by atoms with van der Waals surface area (Å²) in [5, 5.41) is 1.05. The lowest BCUT2D eigenvalue weighted by molar-refractivity contribution is 0.616. The van der Waals surface area contributed by atoms with Gasteiger partial charge < -0.3 is 10.3 Å². The lowest BCUT2D eigenvalue weighted by Gasteiger charge is -2.10. The third-order valence-electron chi connectivity index (χ3n) is 3.19. The number of aromatic nitrogens is 2. The summed E-state index contributed by atoms with van der Waals surface area (Å²) in [5.41, 5.74) is 7.95. The quantitative estimate of drug-likeness (QED) is 0.866. The molecule has 1 aromatic heterocycles. The van der Waals surface area contributed by atoms with Crippen molar-refractivity contribution in [2.45, 2.75) is 39.7 Å². The van der Waals surface area contributed by atoms with E-state index in [0.717, 1.165) is 30.0 Å². The highest BCUT2D eigenvalue weighted by Gasteiger charge is 2.18. The molecular weight excluding hydrogens is 293 g/mol. The summed E-state index contributed by atoms with van der Waals surface area (Å²) in [4.78, 5) is 4.71. The van der Waals surface area contributed by atoms with Gasteiger partial charge in [0.25, 0.3) is 0 Å². The van der Waals surface area contributed by atoms with Crippen LogP contribution in [0.3, 0.4) is 0 Å². The van der Waals surface area contributed by atoms with Gasteiger partial charge in [0.15, 0.2) is 0 Å². The SMILES string of the molecule is CCCn1c(C(C)C)nc(-c2ccc(Cl)c(Cl)c2)c1N. The minimum Gasteiger partial charge on any atom is -0.383 e. The minimum atomic E-state index is 0.320. The Morgan fingerprint density at radius 2 is 1.95 bits per heavy atom. The van der Waals surface area contributed by atoms with Crippen molar-refractivity contribution in [2.24, 2.45) is 0 Å². The number of benzene rings is 1. The van der Waals surface area contributed by atoms with Crippen molar-refractivity contribution in [3.8, 4) is 11.3 Å². The topological polar surface area (TPSA) is 43.8 Å². The van der Waals surface area contributed by atoms with Gasteiger partial charge in [-0.15, -0.1) is 0 Å². The number of hydrogen-bond donors (Lipinski definition) is 1. The Morgan fingerprint density at radius 1 is 1.25 bits per heavy atom. The van der Waals surface area contributed by atoms with Crippen LogP contribution in [0, 0.1) is 0 Å². The van der Waals surface area contributed by atoms with Crippen molar-refractivity contribution in [3.05, 3.63) is 34.1 Å². The summed E-state index contributed by atoms with van der Waals surface area (Å²) >= 11 is 12.0. The normalized spacial score (nSPS) is 11.3. The van der Waals surface area contributed by atoms with Gasteiger partial charge >= 0.3 is 0 Å². The molecule has 0 bridgehead atoms. The Morgan fingerprint density at radius 3 is 2.50 bits per heavy atom. The molecule has 2 N–H and O–H groups in total. The summed E-state index contributed by atoms with van der Waals surface area (Å²) < 4.78 is 2.09. The first-order valence-electron chi connectivity index (χ1n) is 6.77. The monoisotopic (exact) mass is 311 g/mol. The summed E-state index contributed by atoms with van der Waals surface area (Å²) in [5.74, 6) is 2.01. The number of nitrogen functional groups attached to an aromatic ring is 1. The number of imidazole rings is 1. The molecule has 20 heavy (non-hydrogen) atoms. The highest BCUT2D eigenvalue weighted by molar-refractivity contribution is 6.42. The van der Waals surface area contributed by atoms with Crippen molar-refractivity contribution in [1.82, 2.24) is 9.55 Å². The average Bonchev–Trinajstić information content (AvgIpc) is 2.72. The molecule has 0 radical (unpaired) electrons. The number of nitrogens with zero attached hydrogens (tertiary/aromatic N) is 2. The Balaban J connectivity index is 2.56. The van der Waals surface area contributed by atoms with Crippen LogP contribution in [0.15, 0.2) is 18.2 Å². The maximum absolute atomic E-state index is 6.27. The first-order chi connectivity index (χ1) is 9.45. The number of anilines is 1. The molecule has 1 heterocycles. The molecule has 0 amide bonds. The lowest BCUT2D eigenvalue weighted by atomic mass is 10.1. The Hall–Kier alpha value is -1.19. The fourth-order valence-electron chi connectivity index (χ4n) is 2.24.